The van der Waals surface area contributed by atoms with Crippen molar-refractivity contribution in [2.75, 3.05) is 6.61 Å². The Morgan fingerprint density at radius 3 is 2.38 bits per heavy atom. The van der Waals surface area contributed by atoms with Crippen LogP contribution < -0.4 is 15.8 Å². The zero-order valence-corrected chi connectivity index (χ0v) is 19.9. The molecule has 34 heavy (non-hydrogen) atoms. The molecule has 5 atom stereocenters. The third-order valence-corrected chi connectivity index (χ3v) is 9.00. The number of aromatic amines is 1. The highest BCUT2D eigenvalue weighted by Gasteiger charge is 2.42. The van der Waals surface area contributed by atoms with Crippen LogP contribution >= 0.6 is 34.8 Å². The monoisotopic (exact) mass is 566 g/mol. The molecule has 0 amide bonds. The van der Waals surface area contributed by atoms with Gasteiger partial charge in [0.15, 0.2) is 5.06 Å². The molecule has 0 saturated carbocycles. The fourth-order valence-corrected chi connectivity index (χ4v) is 6.95. The van der Waals surface area contributed by atoms with Crippen LogP contribution in [0.1, 0.15) is 12.6 Å². The lowest BCUT2D eigenvalue weighted by molar-refractivity contribution is -0.0458. The maximum Gasteiger partial charge on any atom is 0.537 e. The van der Waals surface area contributed by atoms with E-state index in [1.165, 1.54) is 6.07 Å². The Hall–Kier alpha value is -1.49. The van der Waals surface area contributed by atoms with Crippen LogP contribution in [0.25, 0.3) is 10.4 Å². The van der Waals surface area contributed by atoms with Crippen LogP contribution in [0, 0.1) is 0 Å². The molecule has 2 unspecified atom stereocenters. The lowest BCUT2D eigenvalue weighted by Gasteiger charge is -2.15. The van der Waals surface area contributed by atoms with Crippen LogP contribution in [0.4, 0.5) is 0 Å². The summed E-state index contributed by atoms with van der Waals surface area (Å²) in [5.41, 5.74) is -1.85. The average Bonchev–Trinajstić information content (AvgIpc) is 3.24. The van der Waals surface area contributed by atoms with Crippen molar-refractivity contribution in [3.63, 3.8) is 0 Å². The molecule has 17 nitrogen and oxygen atoms in total. The van der Waals surface area contributed by atoms with Gasteiger partial charge in [-0.25, -0.2) is 18.5 Å². The Labute approximate surface area is 192 Å². The van der Waals surface area contributed by atoms with E-state index < -0.39 is 64.8 Å². The number of rotatable bonds is 9. The summed E-state index contributed by atoms with van der Waals surface area (Å²) in [6.07, 6.45) is -1.97. The molecule has 7 N–H and O–H groups in total. The Kier molecular flexibility index (Phi) is 7.87. The first-order chi connectivity index (χ1) is 15.6. The van der Waals surface area contributed by atoms with E-state index in [1.807, 2.05) is 4.98 Å². The molecule has 2 aromatic heterocycles. The van der Waals surface area contributed by atoms with Crippen molar-refractivity contribution in [1.82, 2.24) is 9.55 Å². The van der Waals surface area contributed by atoms with E-state index in [0.717, 1.165) is 16.8 Å². The number of aliphatic hydroxyl groups excluding tert-OH is 2. The van der Waals surface area contributed by atoms with Gasteiger partial charge in [0.25, 0.3) is 5.56 Å². The Bertz CT molecular complexity index is 1310. The summed E-state index contributed by atoms with van der Waals surface area (Å²) in [7, 11) is -16.7. The summed E-state index contributed by atoms with van der Waals surface area (Å²) in [6, 6.07) is 2.29. The second-order valence-corrected chi connectivity index (χ2v) is 12.0. The van der Waals surface area contributed by atoms with E-state index in [4.69, 9.17) is 14.5 Å². The van der Waals surface area contributed by atoms with E-state index in [0.29, 0.717) is 11.3 Å². The molecular formula is C13H17N2O15P3S. The number of aliphatic hydroxyl groups is 2. The zero-order valence-electron chi connectivity index (χ0n) is 16.4. The van der Waals surface area contributed by atoms with Gasteiger partial charge in [-0.3, -0.25) is 19.2 Å². The molecule has 21 heteroatoms. The topological polar surface area (TPSA) is 264 Å². The molecule has 2 aromatic rings. The number of hydrogen-bond donors (Lipinski definition) is 7. The van der Waals surface area contributed by atoms with Gasteiger partial charge < -0.3 is 34.2 Å². The van der Waals surface area contributed by atoms with Crippen molar-refractivity contribution in [3.05, 3.63) is 39.2 Å². The summed E-state index contributed by atoms with van der Waals surface area (Å²) >= 11 is 0.563. The average molecular weight is 566 g/mol. The third kappa shape index (κ3) is 6.80. The van der Waals surface area contributed by atoms with Gasteiger partial charge in [-0.05, 0) is 12.1 Å². The van der Waals surface area contributed by atoms with Crippen molar-refractivity contribution in [1.29, 1.82) is 0 Å². The highest BCUT2D eigenvalue weighted by Crippen LogP contribution is 2.66. The van der Waals surface area contributed by atoms with Gasteiger partial charge in [-0.15, -0.1) is 0 Å². The van der Waals surface area contributed by atoms with Crippen LogP contribution in [0.15, 0.2) is 27.9 Å². The molecule has 0 radical (unpaired) electrons. The van der Waals surface area contributed by atoms with E-state index in [9.17, 15) is 43.3 Å². The minimum atomic E-state index is -5.71. The van der Waals surface area contributed by atoms with E-state index in [2.05, 4.69) is 13.1 Å². The smallest absolute Gasteiger partial charge is 0.394 e. The predicted molar refractivity (Wildman–Crippen MR) is 111 cm³/mol. The second-order valence-electron chi connectivity index (χ2n) is 6.63. The van der Waals surface area contributed by atoms with Crippen LogP contribution in [0.3, 0.4) is 0 Å². The zero-order chi connectivity index (χ0) is 25.5. The molecule has 1 fully saturated rings. The molecule has 0 aromatic carbocycles. The van der Waals surface area contributed by atoms with E-state index in [1.54, 1.807) is 0 Å². The summed E-state index contributed by atoms with van der Waals surface area (Å²) in [4.78, 5) is 62.5. The molecule has 3 rings (SSSR count). The van der Waals surface area contributed by atoms with Crippen molar-refractivity contribution < 1.29 is 61.4 Å². The normalized spacial score (nSPS) is 24.5. The number of phosphoric ester groups is 1. The molecule has 3 heterocycles. The molecular weight excluding hydrogens is 549 g/mol. The number of H-pyrrole nitrogens is 1. The lowest BCUT2D eigenvalue weighted by Crippen LogP contribution is -2.33. The number of aromatic nitrogens is 2. The van der Waals surface area contributed by atoms with Crippen LogP contribution in [0.2, 0.25) is 0 Å². The predicted octanol–water partition coefficient (Wildman–Crippen LogP) is -0.389. The number of nitrogens with one attached hydrogen (secondary N) is 1. The lowest BCUT2D eigenvalue weighted by atomic mass is 10.2. The summed E-state index contributed by atoms with van der Waals surface area (Å²) in [6.45, 7) is -0.502. The summed E-state index contributed by atoms with van der Waals surface area (Å²) in [5, 5.41) is 18.6. The summed E-state index contributed by atoms with van der Waals surface area (Å²) in [5.74, 6) is 0. The first-order valence-electron chi connectivity index (χ1n) is 8.82. The molecule has 0 aliphatic carbocycles. The van der Waals surface area contributed by atoms with Gasteiger partial charge in [-0.2, -0.15) is 8.62 Å². The number of hydrogen-bond acceptors (Lipinski definition) is 12. The number of thiophene rings is 1. The van der Waals surface area contributed by atoms with Crippen molar-refractivity contribution >= 4 is 34.8 Å². The van der Waals surface area contributed by atoms with Gasteiger partial charge >= 0.3 is 29.2 Å². The quantitative estimate of drug-likeness (QED) is 0.191. The second kappa shape index (κ2) is 9.87. The number of phosphoric acid groups is 3. The molecule has 0 spiro atoms. The fraction of sp³-hybridized carbons (Fsp3) is 0.385. The SMILES string of the molecule is O=c1[nH]c(=O)n([C@H]2C[C@H](O)[C@@H](CO)O2)cc1-c1ccc(OP(=O)(O)OP(=O)(O)OP(=O)(O)O)s1. The third-order valence-electron chi connectivity index (χ3n) is 4.13. The maximum atomic E-state index is 12.3. The van der Waals surface area contributed by atoms with Gasteiger partial charge in [-0.1, -0.05) is 11.3 Å². The molecule has 0 bridgehead atoms. The number of nitrogens with zero attached hydrogens (tertiary/aromatic N) is 1. The highest BCUT2D eigenvalue weighted by molar-refractivity contribution is 7.66. The first-order valence-corrected chi connectivity index (χ1v) is 14.2. The van der Waals surface area contributed by atoms with E-state index >= 15 is 0 Å². The molecule has 1 aliphatic heterocycles. The van der Waals surface area contributed by atoms with Crippen molar-refractivity contribution in [2.24, 2.45) is 0 Å². The van der Waals surface area contributed by atoms with Gasteiger partial charge in [0.1, 0.15) is 12.3 Å². The number of ether oxygens (including phenoxy) is 1. The largest absolute Gasteiger partial charge is 0.537 e. The highest BCUT2D eigenvalue weighted by atomic mass is 32.1. The maximum absolute atomic E-state index is 12.3. The molecule has 190 valence electrons. The van der Waals surface area contributed by atoms with Crippen LogP contribution in [0.5, 0.6) is 5.06 Å². The fourth-order valence-electron chi connectivity index (χ4n) is 2.85. The van der Waals surface area contributed by atoms with Crippen molar-refractivity contribution in [3.8, 4) is 15.5 Å². The summed E-state index contributed by atoms with van der Waals surface area (Å²) < 4.78 is 52.2. The van der Waals surface area contributed by atoms with Crippen molar-refractivity contribution in [2.45, 2.75) is 24.9 Å². The Morgan fingerprint density at radius 2 is 1.79 bits per heavy atom. The first kappa shape index (κ1) is 27.1. The minimum Gasteiger partial charge on any atom is -0.394 e. The molecule has 1 aliphatic rings. The van der Waals surface area contributed by atoms with E-state index in [-0.39, 0.29) is 16.9 Å². The minimum absolute atomic E-state index is 0.0572. The Balaban J connectivity index is 1.83. The van der Waals surface area contributed by atoms with Crippen LogP contribution in [-0.2, 0) is 27.1 Å². The van der Waals surface area contributed by atoms with Gasteiger partial charge in [0, 0.05) is 17.5 Å². The Morgan fingerprint density at radius 1 is 1.12 bits per heavy atom. The van der Waals surface area contributed by atoms with Gasteiger partial charge in [0.2, 0.25) is 0 Å². The molecule has 1 saturated heterocycles. The van der Waals surface area contributed by atoms with Crippen LogP contribution in [-0.4, -0.2) is 58.2 Å². The van der Waals surface area contributed by atoms with Gasteiger partial charge in [0.05, 0.1) is 18.3 Å². The standard InChI is InChI=1S/C13H17N2O15P3S/c16-5-8-7(17)3-10(27-8)15-4-6(12(18)14-13(15)19)9-1-2-11(34-9)28-32(23,24)30-33(25,26)29-31(20,21)22/h1-2,4,7-8,10,16-17H,3,5H2,(H,23,24)(H,25,26)(H,14,18,19)(H2,20,21,22)/t7-,8+,10+/m0/s1.